The summed E-state index contributed by atoms with van der Waals surface area (Å²) in [5.74, 6) is 1.09. The van der Waals surface area contributed by atoms with Crippen molar-refractivity contribution in [2.24, 2.45) is 11.3 Å². The molecule has 3 heteroatoms. The van der Waals surface area contributed by atoms with Gasteiger partial charge in [-0.1, -0.05) is 64.8 Å². The molecule has 0 N–H and O–H groups in total. The molecule has 1 aromatic carbocycles. The van der Waals surface area contributed by atoms with E-state index in [9.17, 15) is 0 Å². The average Bonchev–Trinajstić information content (AvgIpc) is 2.55. The zero-order chi connectivity index (χ0) is 20.3. The highest BCUT2D eigenvalue weighted by atomic mass is 15.3. The van der Waals surface area contributed by atoms with Crippen molar-refractivity contribution in [3.05, 3.63) is 35.9 Å². The van der Waals surface area contributed by atoms with E-state index in [4.69, 9.17) is 0 Å². The fourth-order valence-corrected chi connectivity index (χ4v) is 4.32. The molecular weight excluding hydrogens is 315 g/mol. The Morgan fingerprint density at radius 3 is 1.77 bits per heavy atom. The van der Waals surface area contributed by atoms with Crippen LogP contribution in [0.3, 0.4) is 0 Å². The second kappa shape index (κ2) is 8.93. The first-order valence-electron chi connectivity index (χ1n) is 10.4. The number of likely N-dealkylation sites (N-methyl/N-ethyl adjacent to an activating group) is 2. The maximum atomic E-state index is 2.65. The quantitative estimate of drug-likeness (QED) is 0.555. The van der Waals surface area contributed by atoms with Crippen molar-refractivity contribution in [2.75, 3.05) is 14.1 Å². The predicted molar refractivity (Wildman–Crippen MR) is 119 cm³/mol. The van der Waals surface area contributed by atoms with Crippen LogP contribution in [0.1, 0.15) is 67.0 Å². The van der Waals surface area contributed by atoms with Crippen molar-refractivity contribution in [3.63, 3.8) is 0 Å². The third kappa shape index (κ3) is 4.73. The summed E-state index contributed by atoms with van der Waals surface area (Å²) >= 11 is 0. The third-order valence-corrected chi connectivity index (χ3v) is 7.11. The standard InChI is InChI=1S/C23H43BN2/c1-17(2)22(5,6)20(19-15-13-12-14-16-19)26(11)23(7,8)21(24-9)25(10)18(3)4/h12-18,20-21,24H,1-11H3. The van der Waals surface area contributed by atoms with Gasteiger partial charge >= 0.3 is 0 Å². The molecule has 0 aliphatic heterocycles. The van der Waals surface area contributed by atoms with Crippen LogP contribution >= 0.6 is 0 Å². The van der Waals surface area contributed by atoms with Gasteiger partial charge in [0.25, 0.3) is 0 Å². The van der Waals surface area contributed by atoms with Crippen molar-refractivity contribution in [1.29, 1.82) is 0 Å². The van der Waals surface area contributed by atoms with Gasteiger partial charge in [0.15, 0.2) is 0 Å². The lowest BCUT2D eigenvalue weighted by atomic mass is 9.61. The Balaban J connectivity index is 3.41. The lowest BCUT2D eigenvalue weighted by Gasteiger charge is -2.54. The maximum Gasteiger partial charge on any atom is 0.141 e. The third-order valence-electron chi connectivity index (χ3n) is 7.11. The minimum Gasteiger partial charge on any atom is -0.307 e. The second-order valence-corrected chi connectivity index (χ2v) is 9.74. The Hall–Kier alpha value is -0.795. The molecule has 1 rings (SSSR count). The summed E-state index contributed by atoms with van der Waals surface area (Å²) in [6.45, 7) is 21.3. The summed E-state index contributed by atoms with van der Waals surface area (Å²) < 4.78 is 0. The van der Waals surface area contributed by atoms with Gasteiger partial charge in [-0.25, -0.2) is 0 Å². The van der Waals surface area contributed by atoms with Gasteiger partial charge < -0.3 is 4.90 Å². The van der Waals surface area contributed by atoms with Crippen LogP contribution in [0.4, 0.5) is 0 Å². The number of hydrogen-bond donors (Lipinski definition) is 0. The monoisotopic (exact) mass is 358 g/mol. The summed E-state index contributed by atoms with van der Waals surface area (Å²) in [5, 5.41) is 0. The van der Waals surface area contributed by atoms with Crippen molar-refractivity contribution < 1.29 is 0 Å². The molecular formula is C23H43BN2. The number of hydrogen-bond acceptors (Lipinski definition) is 2. The minimum absolute atomic E-state index is 0.0560. The smallest absolute Gasteiger partial charge is 0.141 e. The number of nitrogens with zero attached hydrogens (tertiary/aromatic N) is 2. The molecule has 26 heavy (non-hydrogen) atoms. The van der Waals surface area contributed by atoms with Crippen LogP contribution in [0.15, 0.2) is 30.3 Å². The summed E-state index contributed by atoms with van der Waals surface area (Å²) in [5.41, 5.74) is 1.64. The first-order chi connectivity index (χ1) is 11.9. The first-order valence-corrected chi connectivity index (χ1v) is 10.4. The highest BCUT2D eigenvalue weighted by molar-refractivity contribution is 6.36. The van der Waals surface area contributed by atoms with Crippen LogP contribution in [0, 0.1) is 11.3 Å². The highest BCUT2D eigenvalue weighted by Gasteiger charge is 2.44. The molecule has 148 valence electrons. The maximum absolute atomic E-state index is 2.65. The van der Waals surface area contributed by atoms with Crippen LogP contribution in [-0.4, -0.2) is 48.7 Å². The van der Waals surface area contributed by atoms with Gasteiger partial charge in [0, 0.05) is 17.6 Å². The van der Waals surface area contributed by atoms with Crippen molar-refractivity contribution in [2.45, 2.75) is 85.8 Å². The zero-order valence-corrected chi connectivity index (χ0v) is 19.3. The average molecular weight is 358 g/mol. The SMILES string of the molecule is CBC(N(C)C(C)C)C(C)(C)N(C)C(c1ccccc1)C(C)(C)C(C)C. The van der Waals surface area contributed by atoms with E-state index < -0.39 is 0 Å². The van der Waals surface area contributed by atoms with Crippen LogP contribution in [-0.2, 0) is 0 Å². The summed E-state index contributed by atoms with van der Waals surface area (Å²) in [7, 11) is 5.76. The Kier molecular flexibility index (Phi) is 7.98. The van der Waals surface area contributed by atoms with Crippen molar-refractivity contribution >= 4 is 7.28 Å². The van der Waals surface area contributed by atoms with Crippen molar-refractivity contribution in [3.8, 4) is 0 Å². The van der Waals surface area contributed by atoms with E-state index in [1.165, 1.54) is 5.56 Å². The topological polar surface area (TPSA) is 6.48 Å². The van der Waals surface area contributed by atoms with E-state index in [2.05, 4.69) is 116 Å². The molecule has 0 saturated carbocycles. The lowest BCUT2D eigenvalue weighted by molar-refractivity contribution is -0.0215. The molecule has 0 amide bonds. The van der Waals surface area contributed by atoms with E-state index in [1.54, 1.807) is 0 Å². The Morgan fingerprint density at radius 2 is 1.38 bits per heavy atom. The normalized spacial score (nSPS) is 15.8. The molecule has 0 aliphatic rings. The summed E-state index contributed by atoms with van der Waals surface area (Å²) in [6.07, 6.45) is 0. The van der Waals surface area contributed by atoms with Gasteiger partial charge in [0.05, 0.1) is 0 Å². The molecule has 2 atom stereocenters. The molecule has 0 radical (unpaired) electrons. The summed E-state index contributed by atoms with van der Waals surface area (Å²) in [6, 6.07) is 12.0. The molecule has 0 aromatic heterocycles. The van der Waals surface area contributed by atoms with E-state index in [1.807, 2.05) is 0 Å². The van der Waals surface area contributed by atoms with Gasteiger partial charge in [0.1, 0.15) is 7.28 Å². The lowest BCUT2D eigenvalue weighted by Crippen LogP contribution is -2.62. The Labute approximate surface area is 164 Å². The largest absolute Gasteiger partial charge is 0.307 e. The molecule has 0 spiro atoms. The van der Waals surface area contributed by atoms with Gasteiger partial charge in [-0.2, -0.15) is 0 Å². The number of benzene rings is 1. The Morgan fingerprint density at radius 1 is 0.885 bits per heavy atom. The molecule has 0 fully saturated rings. The van der Waals surface area contributed by atoms with Crippen LogP contribution < -0.4 is 0 Å². The van der Waals surface area contributed by atoms with E-state index >= 15 is 0 Å². The number of rotatable bonds is 9. The fraction of sp³-hybridized carbons (Fsp3) is 0.739. The van der Waals surface area contributed by atoms with Crippen LogP contribution in [0.2, 0.25) is 6.82 Å². The van der Waals surface area contributed by atoms with Gasteiger partial charge in [-0.3, -0.25) is 4.90 Å². The molecule has 2 unspecified atom stereocenters. The zero-order valence-electron chi connectivity index (χ0n) is 19.3. The molecule has 2 nitrogen and oxygen atoms in total. The van der Waals surface area contributed by atoms with Crippen LogP contribution in [0.25, 0.3) is 0 Å². The summed E-state index contributed by atoms with van der Waals surface area (Å²) in [4.78, 5) is 5.19. The first kappa shape index (κ1) is 23.2. The van der Waals surface area contributed by atoms with E-state index in [0.717, 1.165) is 7.28 Å². The van der Waals surface area contributed by atoms with Gasteiger partial charge in [-0.15, -0.1) is 0 Å². The Bertz CT molecular complexity index is 536. The minimum atomic E-state index is 0.0560. The highest BCUT2D eigenvalue weighted by Crippen LogP contribution is 2.46. The molecule has 1 aromatic rings. The second-order valence-electron chi connectivity index (χ2n) is 9.74. The van der Waals surface area contributed by atoms with E-state index in [0.29, 0.717) is 23.9 Å². The molecule has 0 heterocycles. The predicted octanol–water partition coefficient (Wildman–Crippen LogP) is 5.27. The van der Waals surface area contributed by atoms with Crippen molar-refractivity contribution in [1.82, 2.24) is 9.80 Å². The molecule has 0 aliphatic carbocycles. The van der Waals surface area contributed by atoms with Gasteiger partial charge in [0.2, 0.25) is 0 Å². The van der Waals surface area contributed by atoms with Crippen LogP contribution in [0.5, 0.6) is 0 Å². The van der Waals surface area contributed by atoms with E-state index in [-0.39, 0.29) is 11.0 Å². The fourth-order valence-electron chi connectivity index (χ4n) is 4.32. The van der Waals surface area contributed by atoms with Gasteiger partial charge in [-0.05, 0) is 64.6 Å². The molecule has 0 bridgehead atoms. The molecule has 0 saturated heterocycles.